The van der Waals surface area contributed by atoms with Crippen molar-refractivity contribution in [2.45, 2.75) is 51.1 Å². The van der Waals surface area contributed by atoms with E-state index in [9.17, 15) is 14.9 Å². The monoisotopic (exact) mass is 381 g/mol. The number of rotatable bonds is 7. The molecule has 6 heteroatoms. The number of hydrogen-bond acceptors (Lipinski definition) is 4. The lowest BCUT2D eigenvalue weighted by Crippen LogP contribution is -2.33. The molecule has 1 aliphatic carbocycles. The number of hydrogen-bond donors (Lipinski definition) is 1. The topological polar surface area (TPSA) is 75.5 Å². The van der Waals surface area contributed by atoms with Gasteiger partial charge >= 0.3 is 0 Å². The van der Waals surface area contributed by atoms with Crippen LogP contribution in [-0.4, -0.2) is 28.8 Å². The van der Waals surface area contributed by atoms with Gasteiger partial charge in [0.1, 0.15) is 0 Å². The summed E-state index contributed by atoms with van der Waals surface area (Å²) in [5.41, 5.74) is 2.71. The predicted molar refractivity (Wildman–Crippen MR) is 110 cm³/mol. The highest BCUT2D eigenvalue weighted by atomic mass is 16.6. The van der Waals surface area contributed by atoms with Crippen molar-refractivity contribution in [3.8, 4) is 0 Å². The number of nitrogens with zero attached hydrogens (tertiary/aromatic N) is 2. The Kier molecular flexibility index (Phi) is 6.76. The molecule has 2 aromatic rings. The summed E-state index contributed by atoms with van der Waals surface area (Å²) in [5.74, 6) is -0.123. The van der Waals surface area contributed by atoms with E-state index in [2.05, 4.69) is 23.3 Å². The van der Waals surface area contributed by atoms with Crippen LogP contribution >= 0.6 is 0 Å². The molecule has 0 aromatic heterocycles. The molecule has 1 N–H and O–H groups in total. The van der Waals surface area contributed by atoms with Gasteiger partial charge in [-0.3, -0.25) is 19.8 Å². The van der Waals surface area contributed by atoms with Crippen molar-refractivity contribution < 1.29 is 9.72 Å². The van der Waals surface area contributed by atoms with Gasteiger partial charge in [0.2, 0.25) is 5.91 Å². The first-order valence-corrected chi connectivity index (χ1v) is 9.84. The van der Waals surface area contributed by atoms with Crippen molar-refractivity contribution in [3.63, 3.8) is 0 Å². The Hall–Kier alpha value is -2.73. The van der Waals surface area contributed by atoms with Gasteiger partial charge in [0.25, 0.3) is 5.69 Å². The number of nitro benzene ring substituents is 1. The van der Waals surface area contributed by atoms with Gasteiger partial charge in [-0.25, -0.2) is 0 Å². The summed E-state index contributed by atoms with van der Waals surface area (Å²) in [4.78, 5) is 25.2. The summed E-state index contributed by atoms with van der Waals surface area (Å²) in [6, 6.07) is 14.6. The number of non-ortho nitro benzene ring substituents is 1. The predicted octanol–water partition coefficient (Wildman–Crippen LogP) is 4.54. The fourth-order valence-electron chi connectivity index (χ4n) is 3.82. The molecule has 0 atom stereocenters. The Labute approximate surface area is 165 Å². The number of benzene rings is 2. The standard InChI is InChI=1S/C22H27N3O3/c1-24(19-8-3-2-4-9-19)16-18-7-5-6-10-21(18)23-22(26)15-17-11-13-20(14-12-17)25(27)28/h5-7,10-14,19H,2-4,8-9,15-16H2,1H3,(H,23,26). The van der Waals surface area contributed by atoms with Crippen molar-refractivity contribution in [2.75, 3.05) is 12.4 Å². The molecule has 0 saturated heterocycles. The molecule has 6 nitrogen and oxygen atoms in total. The van der Waals surface area contributed by atoms with Crippen LogP contribution in [0.1, 0.15) is 43.2 Å². The van der Waals surface area contributed by atoms with Gasteiger partial charge in [-0.05, 0) is 37.1 Å². The molecule has 2 aromatic carbocycles. The number of anilines is 1. The van der Waals surface area contributed by atoms with E-state index in [-0.39, 0.29) is 18.0 Å². The molecular formula is C22H27N3O3. The average molecular weight is 381 g/mol. The second-order valence-corrected chi connectivity index (χ2v) is 7.51. The Balaban J connectivity index is 1.62. The number of nitrogens with one attached hydrogen (secondary N) is 1. The van der Waals surface area contributed by atoms with Crippen LogP contribution in [0.3, 0.4) is 0 Å². The third-order valence-corrected chi connectivity index (χ3v) is 5.42. The van der Waals surface area contributed by atoms with Crippen molar-refractivity contribution in [2.24, 2.45) is 0 Å². The summed E-state index contributed by atoms with van der Waals surface area (Å²) in [5, 5.41) is 13.7. The smallest absolute Gasteiger partial charge is 0.269 e. The maximum absolute atomic E-state index is 12.5. The van der Waals surface area contributed by atoms with E-state index in [0.29, 0.717) is 6.04 Å². The fraction of sp³-hybridized carbons (Fsp3) is 0.409. The zero-order valence-electron chi connectivity index (χ0n) is 16.3. The van der Waals surface area contributed by atoms with Crippen LogP contribution < -0.4 is 5.32 Å². The molecule has 0 spiro atoms. The van der Waals surface area contributed by atoms with Gasteiger partial charge in [0, 0.05) is 30.4 Å². The number of carbonyl (C=O) groups is 1. The Morgan fingerprint density at radius 1 is 1.11 bits per heavy atom. The largest absolute Gasteiger partial charge is 0.325 e. The van der Waals surface area contributed by atoms with Crippen LogP contribution in [0.25, 0.3) is 0 Å². The van der Waals surface area contributed by atoms with Crippen molar-refractivity contribution in [1.82, 2.24) is 4.90 Å². The molecule has 1 amide bonds. The third kappa shape index (κ3) is 5.39. The molecule has 0 aliphatic heterocycles. The minimum absolute atomic E-state index is 0.0280. The number of para-hydroxylation sites is 1. The molecule has 1 fully saturated rings. The molecular weight excluding hydrogens is 354 g/mol. The lowest BCUT2D eigenvalue weighted by molar-refractivity contribution is -0.384. The van der Waals surface area contributed by atoms with Gasteiger partial charge in [-0.15, -0.1) is 0 Å². The van der Waals surface area contributed by atoms with E-state index < -0.39 is 4.92 Å². The average Bonchev–Trinajstić information content (AvgIpc) is 2.70. The third-order valence-electron chi connectivity index (χ3n) is 5.42. The van der Waals surface area contributed by atoms with Crippen LogP contribution in [0.5, 0.6) is 0 Å². The van der Waals surface area contributed by atoms with Crippen LogP contribution in [0.15, 0.2) is 48.5 Å². The molecule has 3 rings (SSSR count). The molecule has 0 unspecified atom stereocenters. The van der Waals surface area contributed by atoms with E-state index in [4.69, 9.17) is 0 Å². The lowest BCUT2D eigenvalue weighted by Gasteiger charge is -2.31. The van der Waals surface area contributed by atoms with Gasteiger partial charge in [0.05, 0.1) is 11.3 Å². The molecule has 28 heavy (non-hydrogen) atoms. The highest BCUT2D eigenvalue weighted by molar-refractivity contribution is 5.93. The SMILES string of the molecule is CN(Cc1ccccc1NC(=O)Cc1ccc([N+](=O)[O-])cc1)C1CCCCC1. The van der Waals surface area contributed by atoms with E-state index in [0.717, 1.165) is 23.4 Å². The summed E-state index contributed by atoms with van der Waals surface area (Å²) in [6.45, 7) is 0.804. The van der Waals surface area contributed by atoms with E-state index in [1.807, 2.05) is 18.2 Å². The second kappa shape index (κ2) is 9.46. The first-order chi connectivity index (χ1) is 13.5. The van der Waals surface area contributed by atoms with Crippen molar-refractivity contribution >= 4 is 17.3 Å². The highest BCUT2D eigenvalue weighted by Crippen LogP contribution is 2.25. The maximum Gasteiger partial charge on any atom is 0.269 e. The number of carbonyl (C=O) groups excluding carboxylic acids is 1. The van der Waals surface area contributed by atoms with Crippen molar-refractivity contribution in [3.05, 3.63) is 69.8 Å². The zero-order valence-corrected chi connectivity index (χ0v) is 16.3. The Morgan fingerprint density at radius 2 is 1.79 bits per heavy atom. The van der Waals surface area contributed by atoms with E-state index in [1.165, 1.54) is 44.2 Å². The van der Waals surface area contributed by atoms with Gasteiger partial charge < -0.3 is 5.32 Å². The molecule has 0 heterocycles. The Bertz CT molecular complexity index is 814. The summed E-state index contributed by atoms with van der Waals surface area (Å²) >= 11 is 0. The van der Waals surface area contributed by atoms with Crippen LogP contribution in [0, 0.1) is 10.1 Å². The maximum atomic E-state index is 12.5. The second-order valence-electron chi connectivity index (χ2n) is 7.51. The quantitative estimate of drug-likeness (QED) is 0.564. The van der Waals surface area contributed by atoms with E-state index >= 15 is 0 Å². The number of nitro groups is 1. The van der Waals surface area contributed by atoms with Crippen LogP contribution in [0.2, 0.25) is 0 Å². The van der Waals surface area contributed by atoms with E-state index in [1.54, 1.807) is 12.1 Å². The fourth-order valence-corrected chi connectivity index (χ4v) is 3.82. The summed E-state index contributed by atoms with van der Waals surface area (Å²) in [6.07, 6.45) is 6.59. The normalized spacial score (nSPS) is 14.8. The van der Waals surface area contributed by atoms with Crippen molar-refractivity contribution in [1.29, 1.82) is 0 Å². The van der Waals surface area contributed by atoms with Crippen LogP contribution in [-0.2, 0) is 17.8 Å². The van der Waals surface area contributed by atoms with Gasteiger partial charge in [-0.2, -0.15) is 0 Å². The first kappa shape index (κ1) is 20.0. The minimum atomic E-state index is -0.442. The molecule has 0 radical (unpaired) electrons. The molecule has 1 saturated carbocycles. The highest BCUT2D eigenvalue weighted by Gasteiger charge is 2.19. The van der Waals surface area contributed by atoms with Gasteiger partial charge in [-0.1, -0.05) is 49.6 Å². The summed E-state index contributed by atoms with van der Waals surface area (Å²) < 4.78 is 0. The lowest BCUT2D eigenvalue weighted by atomic mass is 9.94. The Morgan fingerprint density at radius 3 is 2.46 bits per heavy atom. The molecule has 1 aliphatic rings. The molecule has 0 bridgehead atoms. The minimum Gasteiger partial charge on any atom is -0.325 e. The summed E-state index contributed by atoms with van der Waals surface area (Å²) in [7, 11) is 2.16. The first-order valence-electron chi connectivity index (χ1n) is 9.84. The van der Waals surface area contributed by atoms with Gasteiger partial charge in [0.15, 0.2) is 0 Å². The zero-order chi connectivity index (χ0) is 19.9. The molecule has 148 valence electrons. The van der Waals surface area contributed by atoms with Crippen LogP contribution in [0.4, 0.5) is 11.4 Å². The number of amides is 1.